The maximum atomic E-state index is 10.3. The van der Waals surface area contributed by atoms with Gasteiger partial charge in [0.2, 0.25) is 0 Å². The summed E-state index contributed by atoms with van der Waals surface area (Å²) in [5, 5.41) is 27.8. The van der Waals surface area contributed by atoms with Crippen LogP contribution in [-0.4, -0.2) is 33.5 Å². The Bertz CT molecular complexity index is 358. The molecule has 0 aliphatic rings. The fourth-order valence-electron chi connectivity index (χ4n) is 1.94. The van der Waals surface area contributed by atoms with Gasteiger partial charge in [-0.1, -0.05) is 62.6 Å². The molecule has 0 aliphatic heterocycles. The average Bonchev–Trinajstić information content (AvgIpc) is 2.47. The first-order chi connectivity index (χ1) is 10.6. The summed E-state index contributed by atoms with van der Waals surface area (Å²) in [6.07, 6.45) is 15.9. The smallest absolute Gasteiger partial charge is 0.303 e. The molecule has 0 bridgehead atoms. The summed E-state index contributed by atoms with van der Waals surface area (Å²) in [5.41, 5.74) is 0. The molecule has 4 nitrogen and oxygen atoms in total. The number of aliphatic hydroxyl groups excluding tert-OH is 2. The lowest BCUT2D eigenvalue weighted by Gasteiger charge is -2.03. The fourth-order valence-corrected chi connectivity index (χ4v) is 1.94. The number of allylic oxidation sites excluding steroid dienone is 4. The highest BCUT2D eigenvalue weighted by atomic mass is 16.4. The highest BCUT2D eigenvalue weighted by molar-refractivity contribution is 5.66. The minimum atomic E-state index is -0.795. The zero-order valence-electron chi connectivity index (χ0n) is 13.5. The quantitative estimate of drug-likeness (QED) is 0.359. The van der Waals surface area contributed by atoms with Gasteiger partial charge in [0, 0.05) is 6.42 Å². The number of unbranched alkanes of at least 4 members (excludes halogenated alkanes) is 3. The highest BCUT2D eigenvalue weighted by Crippen LogP contribution is 2.05. The molecule has 0 fully saturated rings. The summed E-state index contributed by atoms with van der Waals surface area (Å²) in [6.45, 7) is 2.14. The van der Waals surface area contributed by atoms with Gasteiger partial charge < -0.3 is 15.3 Å². The molecule has 22 heavy (non-hydrogen) atoms. The van der Waals surface area contributed by atoms with E-state index in [1.54, 1.807) is 30.4 Å². The molecule has 0 saturated heterocycles. The molecule has 126 valence electrons. The van der Waals surface area contributed by atoms with Crippen molar-refractivity contribution < 1.29 is 20.1 Å². The number of carbonyl (C=O) groups is 1. The molecule has 0 radical (unpaired) electrons. The zero-order valence-corrected chi connectivity index (χ0v) is 13.5. The van der Waals surface area contributed by atoms with Crippen molar-refractivity contribution in [3.8, 4) is 0 Å². The molecule has 0 spiro atoms. The van der Waals surface area contributed by atoms with Gasteiger partial charge in [0.15, 0.2) is 0 Å². The number of carboxylic acid groups (broad SMARTS) is 1. The Hall–Kier alpha value is -1.39. The lowest BCUT2D eigenvalue weighted by molar-refractivity contribution is -0.137. The minimum absolute atomic E-state index is 0.154. The summed E-state index contributed by atoms with van der Waals surface area (Å²) in [6, 6.07) is 0. The van der Waals surface area contributed by atoms with E-state index in [4.69, 9.17) is 5.11 Å². The number of hydrogen-bond acceptors (Lipinski definition) is 3. The predicted molar refractivity (Wildman–Crippen MR) is 89.7 cm³/mol. The first-order valence-electron chi connectivity index (χ1n) is 8.15. The third-order valence-electron chi connectivity index (χ3n) is 3.24. The molecule has 0 saturated carbocycles. The van der Waals surface area contributed by atoms with Crippen LogP contribution in [0.2, 0.25) is 0 Å². The van der Waals surface area contributed by atoms with Crippen molar-refractivity contribution in [1.29, 1.82) is 0 Å². The number of hydrogen-bond donors (Lipinski definition) is 3. The van der Waals surface area contributed by atoms with Crippen LogP contribution in [0, 0.1) is 0 Å². The van der Waals surface area contributed by atoms with Crippen molar-refractivity contribution in [3.63, 3.8) is 0 Å². The van der Waals surface area contributed by atoms with Crippen molar-refractivity contribution in [2.24, 2.45) is 0 Å². The van der Waals surface area contributed by atoms with Gasteiger partial charge in [0.1, 0.15) is 0 Å². The van der Waals surface area contributed by atoms with Crippen LogP contribution in [0.3, 0.4) is 0 Å². The van der Waals surface area contributed by atoms with Crippen LogP contribution < -0.4 is 0 Å². The van der Waals surface area contributed by atoms with Crippen molar-refractivity contribution in [1.82, 2.24) is 0 Å². The molecule has 0 aromatic rings. The van der Waals surface area contributed by atoms with E-state index in [0.717, 1.165) is 25.7 Å². The number of aliphatic carboxylic acids is 1. The van der Waals surface area contributed by atoms with E-state index in [2.05, 4.69) is 6.92 Å². The minimum Gasteiger partial charge on any atom is -0.481 e. The molecular formula is C18H30O4. The molecule has 0 aromatic carbocycles. The Morgan fingerprint density at radius 3 is 1.82 bits per heavy atom. The third kappa shape index (κ3) is 15.0. The predicted octanol–water partition coefficient (Wildman–Crippen LogP) is 3.60. The Balaban J connectivity index is 3.74. The van der Waals surface area contributed by atoms with E-state index in [1.807, 2.05) is 6.08 Å². The molecular weight excluding hydrogens is 280 g/mol. The van der Waals surface area contributed by atoms with Crippen molar-refractivity contribution >= 4 is 5.97 Å². The summed E-state index contributed by atoms with van der Waals surface area (Å²) in [5.74, 6) is -0.795. The largest absolute Gasteiger partial charge is 0.481 e. The van der Waals surface area contributed by atoms with Gasteiger partial charge in [-0.25, -0.2) is 0 Å². The standard InChI is InChI=1S/C18H30O4/c1-2-3-6-11-16(19)12-7-4-5-8-13-17(20)14-9-10-15-18(21)22/h4-5,7-8,12-13,16-17,19-20H,2-3,6,9-11,14-15H2,1H3,(H,21,22)/b5-4-,12-7+,13-8-. The maximum Gasteiger partial charge on any atom is 0.303 e. The Morgan fingerprint density at radius 2 is 1.36 bits per heavy atom. The van der Waals surface area contributed by atoms with Crippen LogP contribution in [0.25, 0.3) is 0 Å². The van der Waals surface area contributed by atoms with Crippen LogP contribution in [0.1, 0.15) is 58.3 Å². The van der Waals surface area contributed by atoms with Gasteiger partial charge in [0.05, 0.1) is 12.2 Å². The van der Waals surface area contributed by atoms with Crippen molar-refractivity contribution in [2.45, 2.75) is 70.5 Å². The number of rotatable bonds is 13. The van der Waals surface area contributed by atoms with E-state index >= 15 is 0 Å². The highest BCUT2D eigenvalue weighted by Gasteiger charge is 2.00. The van der Waals surface area contributed by atoms with Gasteiger partial charge in [-0.05, 0) is 25.7 Å². The van der Waals surface area contributed by atoms with E-state index in [9.17, 15) is 15.0 Å². The lowest BCUT2D eigenvalue weighted by atomic mass is 10.1. The third-order valence-corrected chi connectivity index (χ3v) is 3.24. The summed E-state index contributed by atoms with van der Waals surface area (Å²) >= 11 is 0. The molecule has 2 atom stereocenters. The second-order valence-electron chi connectivity index (χ2n) is 5.42. The van der Waals surface area contributed by atoms with Gasteiger partial charge in [0.25, 0.3) is 0 Å². The lowest BCUT2D eigenvalue weighted by Crippen LogP contribution is -2.02. The molecule has 0 aromatic heterocycles. The molecule has 2 unspecified atom stereocenters. The fraction of sp³-hybridized carbons (Fsp3) is 0.611. The second-order valence-corrected chi connectivity index (χ2v) is 5.42. The normalized spacial score (nSPS) is 15.0. The van der Waals surface area contributed by atoms with Crippen molar-refractivity contribution in [2.75, 3.05) is 0 Å². The Kier molecular flexibility index (Phi) is 13.6. The van der Waals surface area contributed by atoms with Gasteiger partial charge >= 0.3 is 5.97 Å². The van der Waals surface area contributed by atoms with Gasteiger partial charge in [-0.15, -0.1) is 0 Å². The van der Waals surface area contributed by atoms with E-state index in [0.29, 0.717) is 19.3 Å². The van der Waals surface area contributed by atoms with E-state index < -0.39 is 12.1 Å². The number of carboxylic acids is 1. The molecule has 0 rings (SSSR count). The van der Waals surface area contributed by atoms with Gasteiger partial charge in [-0.3, -0.25) is 4.79 Å². The van der Waals surface area contributed by atoms with Crippen LogP contribution in [0.15, 0.2) is 36.5 Å². The maximum absolute atomic E-state index is 10.3. The topological polar surface area (TPSA) is 77.8 Å². The molecule has 3 N–H and O–H groups in total. The van der Waals surface area contributed by atoms with Crippen LogP contribution in [0.4, 0.5) is 0 Å². The Labute approximate surface area is 133 Å². The Morgan fingerprint density at radius 1 is 0.864 bits per heavy atom. The zero-order chi connectivity index (χ0) is 16.6. The van der Waals surface area contributed by atoms with Crippen LogP contribution in [0.5, 0.6) is 0 Å². The first kappa shape index (κ1) is 20.6. The van der Waals surface area contributed by atoms with Crippen LogP contribution >= 0.6 is 0 Å². The number of aliphatic hydroxyl groups is 2. The first-order valence-corrected chi connectivity index (χ1v) is 8.15. The monoisotopic (exact) mass is 310 g/mol. The van der Waals surface area contributed by atoms with E-state index in [-0.39, 0.29) is 12.5 Å². The van der Waals surface area contributed by atoms with Crippen LogP contribution in [-0.2, 0) is 4.79 Å². The molecule has 0 aliphatic carbocycles. The average molecular weight is 310 g/mol. The summed E-state index contributed by atoms with van der Waals surface area (Å²) in [4.78, 5) is 10.3. The van der Waals surface area contributed by atoms with Gasteiger partial charge in [-0.2, -0.15) is 0 Å². The van der Waals surface area contributed by atoms with E-state index in [1.165, 1.54) is 0 Å². The summed E-state index contributed by atoms with van der Waals surface area (Å²) in [7, 11) is 0. The van der Waals surface area contributed by atoms with Crippen molar-refractivity contribution in [3.05, 3.63) is 36.5 Å². The molecule has 0 heterocycles. The molecule has 4 heteroatoms. The SMILES string of the molecule is CCCCCC(O)/C=C/C=C\C=C/C(O)CCCCC(=O)O. The second kappa shape index (κ2) is 14.5. The molecule has 0 amide bonds. The summed E-state index contributed by atoms with van der Waals surface area (Å²) < 4.78 is 0.